The molecule has 8 nitrogen and oxygen atoms in total. The van der Waals surface area contributed by atoms with Crippen molar-refractivity contribution < 1.29 is 14.4 Å². The second kappa shape index (κ2) is 16.5. The molecule has 50 heavy (non-hydrogen) atoms. The molecule has 3 aliphatic rings. The highest BCUT2D eigenvalue weighted by molar-refractivity contribution is 7.99. The molecular weight excluding hydrogens is 643 g/mol. The Hall–Kier alpha value is -3.82. The second-order valence-electron chi connectivity index (χ2n) is 14.2. The van der Waals surface area contributed by atoms with Crippen LogP contribution in [0.2, 0.25) is 0 Å². The van der Waals surface area contributed by atoms with E-state index in [4.69, 9.17) is 0 Å². The van der Waals surface area contributed by atoms with Crippen LogP contribution in [-0.4, -0.2) is 48.1 Å². The number of benzene rings is 3. The van der Waals surface area contributed by atoms with Crippen LogP contribution in [0.5, 0.6) is 0 Å². The van der Waals surface area contributed by atoms with E-state index in [1.54, 1.807) is 11.8 Å². The summed E-state index contributed by atoms with van der Waals surface area (Å²) in [6.45, 7) is 8.77. The van der Waals surface area contributed by atoms with E-state index in [1.807, 2.05) is 41.8 Å². The van der Waals surface area contributed by atoms with Crippen LogP contribution in [0.4, 0.5) is 17.1 Å². The molecule has 0 spiro atoms. The summed E-state index contributed by atoms with van der Waals surface area (Å²) in [6, 6.07) is 26.1. The van der Waals surface area contributed by atoms with Crippen LogP contribution in [-0.2, 0) is 14.4 Å². The fourth-order valence-electron chi connectivity index (χ4n) is 8.16. The molecule has 1 aliphatic carbocycles. The highest BCUT2D eigenvalue weighted by Gasteiger charge is 2.36. The zero-order chi connectivity index (χ0) is 35.2. The fourth-order valence-corrected chi connectivity index (χ4v) is 8.93. The maximum atomic E-state index is 13.1. The molecule has 0 saturated heterocycles. The van der Waals surface area contributed by atoms with Crippen molar-refractivity contribution in [2.75, 3.05) is 27.4 Å². The van der Waals surface area contributed by atoms with Crippen LogP contribution >= 0.6 is 11.8 Å². The third-order valence-corrected chi connectivity index (χ3v) is 11.7. The lowest BCUT2D eigenvalue weighted by atomic mass is 9.83. The summed E-state index contributed by atoms with van der Waals surface area (Å²) in [5.74, 6) is 1.40. The third kappa shape index (κ3) is 8.05. The van der Waals surface area contributed by atoms with Gasteiger partial charge in [-0.05, 0) is 99.9 Å². The quantitative estimate of drug-likeness (QED) is 0.139. The molecule has 3 N–H and O–H groups in total. The molecule has 3 aromatic carbocycles. The van der Waals surface area contributed by atoms with E-state index in [1.165, 1.54) is 10.5 Å². The summed E-state index contributed by atoms with van der Waals surface area (Å²) >= 11 is 1.76. The Morgan fingerprint density at radius 2 is 1.26 bits per heavy atom. The van der Waals surface area contributed by atoms with Crippen LogP contribution in [0.3, 0.4) is 0 Å². The molecule has 266 valence electrons. The van der Waals surface area contributed by atoms with Gasteiger partial charge in [-0.25, -0.2) is 0 Å². The number of anilines is 3. The number of rotatable bonds is 11. The number of nitrogens with zero attached hydrogens (tertiary/aromatic N) is 2. The summed E-state index contributed by atoms with van der Waals surface area (Å²) in [6.07, 6.45) is 6.52. The summed E-state index contributed by atoms with van der Waals surface area (Å²) in [5, 5.41) is 10.8. The predicted molar refractivity (Wildman–Crippen MR) is 205 cm³/mol. The first-order valence-corrected chi connectivity index (χ1v) is 19.6. The first kappa shape index (κ1) is 36.0. The lowest BCUT2D eigenvalue weighted by molar-refractivity contribution is -0.126. The largest absolute Gasteiger partial charge is 0.378 e. The zero-order valence-electron chi connectivity index (χ0n) is 30.0. The Bertz CT molecular complexity index is 1640. The van der Waals surface area contributed by atoms with Crippen LogP contribution in [0.15, 0.2) is 77.7 Å². The molecular formula is C41H53N5O3S. The zero-order valence-corrected chi connectivity index (χ0v) is 30.8. The Kier molecular flexibility index (Phi) is 11.9. The van der Waals surface area contributed by atoms with Crippen molar-refractivity contribution in [3.8, 4) is 0 Å². The molecule has 0 radical (unpaired) electrons. The average Bonchev–Trinajstić information content (AvgIpc) is 3.14. The number of nitrogens with one attached hydrogen (secondary N) is 3. The standard InChI is InChI=1S/C41H53N5O3S/c1-5-39(47)45-27(3)25-35(33-11-7-9-13-37(33)45)43-30-17-15-29(16-18-30)41(49)42-23-24-50-32-21-19-31(20-22-32)44-36-26-28(4)46(40(48)6-2)38-14-10-8-12-34(36)38/h7-14,19-22,27-30,35-36,43-44H,5-6,15-18,23-26H2,1-4H3,(H,42,49)/t27?,28-,29?,30?,35?,36+/m0/s1. The Morgan fingerprint density at radius 1 is 0.720 bits per heavy atom. The molecule has 1 saturated carbocycles. The normalized spacial score (nSPS) is 24.6. The lowest BCUT2D eigenvalue weighted by Crippen LogP contribution is -2.47. The first-order valence-electron chi connectivity index (χ1n) is 18.6. The van der Waals surface area contributed by atoms with E-state index in [9.17, 15) is 14.4 Å². The average molecular weight is 696 g/mol. The molecule has 9 heteroatoms. The maximum absolute atomic E-state index is 13.1. The molecule has 3 aromatic rings. The molecule has 2 heterocycles. The van der Waals surface area contributed by atoms with Gasteiger partial charge in [0.1, 0.15) is 0 Å². The number of thioether (sulfide) groups is 1. The first-order chi connectivity index (χ1) is 24.3. The monoisotopic (exact) mass is 695 g/mol. The summed E-state index contributed by atoms with van der Waals surface area (Å²) in [5.41, 5.74) is 5.47. The number of fused-ring (bicyclic) bond motifs is 2. The van der Waals surface area contributed by atoms with Gasteiger partial charge in [-0.3, -0.25) is 14.4 Å². The number of para-hydroxylation sites is 2. The number of hydrogen-bond acceptors (Lipinski definition) is 6. The van der Waals surface area contributed by atoms with Gasteiger partial charge >= 0.3 is 0 Å². The maximum Gasteiger partial charge on any atom is 0.226 e. The van der Waals surface area contributed by atoms with Crippen molar-refractivity contribution in [2.45, 2.75) is 114 Å². The molecule has 0 aromatic heterocycles. The van der Waals surface area contributed by atoms with Crippen LogP contribution in [0.25, 0.3) is 0 Å². The topological polar surface area (TPSA) is 93.8 Å². The van der Waals surface area contributed by atoms with Gasteiger partial charge in [-0.2, -0.15) is 0 Å². The molecule has 3 amide bonds. The highest BCUT2D eigenvalue weighted by Crippen LogP contribution is 2.40. The van der Waals surface area contributed by atoms with E-state index in [0.717, 1.165) is 66.9 Å². The minimum atomic E-state index is 0.0680. The van der Waals surface area contributed by atoms with Gasteiger partial charge in [0.25, 0.3) is 0 Å². The molecule has 4 atom stereocenters. The smallest absolute Gasteiger partial charge is 0.226 e. The van der Waals surface area contributed by atoms with E-state index in [2.05, 4.69) is 84.4 Å². The van der Waals surface area contributed by atoms with Crippen molar-refractivity contribution in [1.82, 2.24) is 10.6 Å². The highest BCUT2D eigenvalue weighted by atomic mass is 32.2. The number of carbonyl (C=O) groups is 3. The predicted octanol–water partition coefficient (Wildman–Crippen LogP) is 8.01. The van der Waals surface area contributed by atoms with E-state index in [0.29, 0.717) is 25.4 Å². The van der Waals surface area contributed by atoms with Crippen LogP contribution in [0.1, 0.15) is 102 Å². The van der Waals surface area contributed by atoms with Gasteiger partial charge in [0.2, 0.25) is 17.7 Å². The van der Waals surface area contributed by atoms with Crippen LogP contribution in [0, 0.1) is 5.92 Å². The van der Waals surface area contributed by atoms with Gasteiger partial charge in [-0.15, -0.1) is 11.8 Å². The molecule has 2 aliphatic heterocycles. The van der Waals surface area contributed by atoms with Gasteiger partial charge < -0.3 is 25.8 Å². The van der Waals surface area contributed by atoms with Gasteiger partial charge in [0.15, 0.2) is 0 Å². The van der Waals surface area contributed by atoms with E-state index < -0.39 is 0 Å². The minimum absolute atomic E-state index is 0.0680. The van der Waals surface area contributed by atoms with Crippen molar-refractivity contribution >= 4 is 46.5 Å². The van der Waals surface area contributed by atoms with E-state index in [-0.39, 0.29) is 47.8 Å². The Balaban J connectivity index is 0.928. The van der Waals surface area contributed by atoms with Crippen molar-refractivity contribution in [3.05, 3.63) is 83.9 Å². The van der Waals surface area contributed by atoms with Gasteiger partial charge in [0, 0.05) is 77.2 Å². The number of hydrogen-bond donors (Lipinski definition) is 3. The lowest BCUT2D eigenvalue weighted by Gasteiger charge is -2.41. The summed E-state index contributed by atoms with van der Waals surface area (Å²) in [4.78, 5) is 43.5. The Morgan fingerprint density at radius 3 is 1.84 bits per heavy atom. The number of carbonyl (C=O) groups excluding carboxylic acids is 3. The van der Waals surface area contributed by atoms with Gasteiger partial charge in [0.05, 0.1) is 6.04 Å². The summed E-state index contributed by atoms with van der Waals surface area (Å²) < 4.78 is 0. The SMILES string of the molecule is CCC(=O)N1c2ccccc2C(NC2CCC(C(=O)NCCSc3ccc(N[C@@H]4C[C@H](C)N(C(=O)CC)c5ccccc54)cc3)CC2)CC1C. The van der Waals surface area contributed by atoms with Crippen molar-refractivity contribution in [3.63, 3.8) is 0 Å². The molecule has 2 unspecified atom stereocenters. The second-order valence-corrected chi connectivity index (χ2v) is 15.3. The van der Waals surface area contributed by atoms with E-state index >= 15 is 0 Å². The Labute approximate surface area is 302 Å². The summed E-state index contributed by atoms with van der Waals surface area (Å²) in [7, 11) is 0. The molecule has 0 bridgehead atoms. The molecule has 1 fully saturated rings. The van der Waals surface area contributed by atoms with Crippen LogP contribution < -0.4 is 25.8 Å². The third-order valence-electron chi connectivity index (χ3n) is 10.7. The molecule has 6 rings (SSSR count). The minimum Gasteiger partial charge on any atom is -0.378 e. The van der Waals surface area contributed by atoms with Crippen molar-refractivity contribution in [1.29, 1.82) is 0 Å². The fraction of sp³-hybridized carbons (Fsp3) is 0.488. The van der Waals surface area contributed by atoms with Crippen molar-refractivity contribution in [2.24, 2.45) is 5.92 Å². The van der Waals surface area contributed by atoms with Gasteiger partial charge in [-0.1, -0.05) is 50.2 Å². The number of amides is 3.